The highest BCUT2D eigenvalue weighted by atomic mass is 127. The summed E-state index contributed by atoms with van der Waals surface area (Å²) in [7, 11) is 1.86. The molecular weight excluding hydrogens is 397 g/mol. The van der Waals surface area contributed by atoms with Crippen molar-refractivity contribution in [1.82, 2.24) is 10.2 Å². The van der Waals surface area contributed by atoms with Gasteiger partial charge in [0.05, 0.1) is 38.1 Å². The predicted molar refractivity (Wildman–Crippen MR) is 93.8 cm³/mol. The van der Waals surface area contributed by atoms with E-state index in [1.807, 2.05) is 7.05 Å². The number of halogens is 1. The van der Waals surface area contributed by atoms with Crippen LogP contribution in [0.5, 0.6) is 0 Å². The number of ether oxygens (including phenoxy) is 3. The lowest BCUT2D eigenvalue weighted by molar-refractivity contribution is -0.0851. The maximum atomic E-state index is 6.03. The predicted octanol–water partition coefficient (Wildman–Crippen LogP) is 0.704. The van der Waals surface area contributed by atoms with E-state index >= 15 is 0 Å². The first-order chi connectivity index (χ1) is 10.3. The molecule has 4 heterocycles. The van der Waals surface area contributed by atoms with Crippen molar-refractivity contribution >= 4 is 29.9 Å². The van der Waals surface area contributed by atoms with Crippen molar-refractivity contribution in [3.63, 3.8) is 0 Å². The molecule has 0 amide bonds. The minimum atomic E-state index is 0. The monoisotopic (exact) mass is 423 g/mol. The van der Waals surface area contributed by atoms with Crippen LogP contribution in [0.15, 0.2) is 4.99 Å². The highest BCUT2D eigenvalue weighted by molar-refractivity contribution is 14.0. The van der Waals surface area contributed by atoms with Crippen LogP contribution < -0.4 is 5.32 Å². The van der Waals surface area contributed by atoms with Crippen molar-refractivity contribution in [3.05, 3.63) is 0 Å². The maximum Gasteiger partial charge on any atom is 0.193 e. The van der Waals surface area contributed by atoms with Gasteiger partial charge in [0.15, 0.2) is 5.96 Å². The first kappa shape index (κ1) is 16.7. The fraction of sp³-hybridized carbons (Fsp3) is 0.933. The Kier molecular flexibility index (Phi) is 5.47. The molecule has 0 aromatic heterocycles. The van der Waals surface area contributed by atoms with Gasteiger partial charge in [0.1, 0.15) is 0 Å². The topological polar surface area (TPSA) is 55.3 Å². The Labute approximate surface area is 149 Å². The molecule has 4 fully saturated rings. The molecule has 0 saturated carbocycles. The van der Waals surface area contributed by atoms with Crippen molar-refractivity contribution < 1.29 is 14.2 Å². The number of aliphatic imine (C=N–C) groups is 1. The van der Waals surface area contributed by atoms with Gasteiger partial charge in [-0.25, -0.2) is 0 Å². The summed E-state index contributed by atoms with van der Waals surface area (Å²) in [6, 6.07) is 0. The quantitative estimate of drug-likeness (QED) is 0.403. The van der Waals surface area contributed by atoms with Crippen molar-refractivity contribution in [2.75, 3.05) is 46.5 Å². The highest BCUT2D eigenvalue weighted by Gasteiger charge is 2.53. The van der Waals surface area contributed by atoms with Gasteiger partial charge >= 0.3 is 0 Å². The molecular formula is C15H26IN3O3. The number of fused-ring (bicyclic) bond motifs is 5. The van der Waals surface area contributed by atoms with Crippen LogP contribution in [0.1, 0.15) is 12.8 Å². The summed E-state index contributed by atoms with van der Waals surface area (Å²) in [5.74, 6) is 2.41. The van der Waals surface area contributed by atoms with Gasteiger partial charge in [-0.1, -0.05) is 0 Å². The van der Waals surface area contributed by atoms with Gasteiger partial charge in [-0.15, -0.1) is 24.0 Å². The molecule has 4 saturated heterocycles. The average molecular weight is 423 g/mol. The SMILES string of the molecule is CN=C(NCC1COCCO1)N1CC2C3CCC(O3)C2C1.I. The zero-order valence-corrected chi connectivity index (χ0v) is 15.4. The number of likely N-dealkylation sites (tertiary alicyclic amines) is 1. The molecule has 4 rings (SSSR count). The third-order valence-corrected chi connectivity index (χ3v) is 5.34. The molecule has 5 atom stereocenters. The lowest BCUT2D eigenvalue weighted by Gasteiger charge is -2.27. The minimum absolute atomic E-state index is 0. The van der Waals surface area contributed by atoms with Crippen molar-refractivity contribution in [2.24, 2.45) is 16.8 Å². The molecule has 22 heavy (non-hydrogen) atoms. The van der Waals surface area contributed by atoms with Gasteiger partial charge in [0, 0.05) is 38.5 Å². The number of hydrogen-bond acceptors (Lipinski definition) is 4. The van der Waals surface area contributed by atoms with E-state index in [4.69, 9.17) is 14.2 Å². The van der Waals surface area contributed by atoms with Crippen LogP contribution in [0.25, 0.3) is 0 Å². The number of hydrogen-bond donors (Lipinski definition) is 1. The molecule has 0 aromatic carbocycles. The standard InChI is InChI=1S/C15H25N3O3.HI/c1-16-15(17-6-10-9-19-4-5-20-10)18-7-11-12(8-18)14-3-2-13(11)21-14;/h10-14H,2-9H2,1H3,(H,16,17);1H. The maximum absolute atomic E-state index is 6.03. The number of nitrogens with one attached hydrogen (secondary N) is 1. The van der Waals surface area contributed by atoms with Gasteiger partial charge in [0.25, 0.3) is 0 Å². The summed E-state index contributed by atoms with van der Waals surface area (Å²) in [6.07, 6.45) is 3.63. The Morgan fingerprint density at radius 1 is 1.18 bits per heavy atom. The van der Waals surface area contributed by atoms with Crippen molar-refractivity contribution in [2.45, 2.75) is 31.2 Å². The van der Waals surface area contributed by atoms with E-state index in [2.05, 4.69) is 15.2 Å². The third kappa shape index (κ3) is 3.09. The van der Waals surface area contributed by atoms with E-state index in [1.165, 1.54) is 12.8 Å². The first-order valence-electron chi connectivity index (χ1n) is 8.15. The number of guanidine groups is 1. The minimum Gasteiger partial charge on any atom is -0.376 e. The summed E-state index contributed by atoms with van der Waals surface area (Å²) < 4.78 is 17.1. The van der Waals surface area contributed by atoms with Crippen LogP contribution in [0.2, 0.25) is 0 Å². The fourth-order valence-corrected chi connectivity index (χ4v) is 4.32. The van der Waals surface area contributed by atoms with Gasteiger partial charge in [0.2, 0.25) is 0 Å². The smallest absolute Gasteiger partial charge is 0.193 e. The Hall–Kier alpha value is -0.120. The van der Waals surface area contributed by atoms with Crippen LogP contribution >= 0.6 is 24.0 Å². The van der Waals surface area contributed by atoms with Gasteiger partial charge < -0.3 is 24.4 Å². The molecule has 7 heteroatoms. The summed E-state index contributed by atoms with van der Waals surface area (Å²) in [5.41, 5.74) is 0. The molecule has 126 valence electrons. The Morgan fingerprint density at radius 3 is 2.50 bits per heavy atom. The second-order valence-electron chi connectivity index (χ2n) is 6.52. The summed E-state index contributed by atoms with van der Waals surface area (Å²) >= 11 is 0. The molecule has 0 spiro atoms. The normalized spacial score (nSPS) is 40.5. The van der Waals surface area contributed by atoms with Crippen LogP contribution in [0.3, 0.4) is 0 Å². The van der Waals surface area contributed by atoms with E-state index in [-0.39, 0.29) is 30.1 Å². The molecule has 4 aliphatic heterocycles. The molecule has 0 radical (unpaired) electrons. The Bertz CT molecular complexity index is 399. The lowest BCUT2D eigenvalue weighted by Crippen LogP contribution is -2.46. The molecule has 4 aliphatic rings. The summed E-state index contributed by atoms with van der Waals surface area (Å²) in [6.45, 7) is 5.00. The molecule has 2 bridgehead atoms. The second-order valence-corrected chi connectivity index (χ2v) is 6.52. The van der Waals surface area contributed by atoms with Crippen LogP contribution in [0, 0.1) is 11.8 Å². The van der Waals surface area contributed by atoms with Gasteiger partial charge in [-0.05, 0) is 12.8 Å². The zero-order valence-electron chi connectivity index (χ0n) is 13.1. The highest BCUT2D eigenvalue weighted by Crippen LogP contribution is 2.47. The van der Waals surface area contributed by atoms with E-state index in [1.54, 1.807) is 0 Å². The summed E-state index contributed by atoms with van der Waals surface area (Å²) in [4.78, 5) is 6.84. The number of rotatable bonds is 2. The average Bonchev–Trinajstić information content (AvgIpc) is 3.21. The van der Waals surface area contributed by atoms with Crippen LogP contribution in [0.4, 0.5) is 0 Å². The largest absolute Gasteiger partial charge is 0.376 e. The Morgan fingerprint density at radius 2 is 1.91 bits per heavy atom. The van der Waals surface area contributed by atoms with E-state index in [0.29, 0.717) is 43.9 Å². The number of nitrogens with zero attached hydrogens (tertiary/aromatic N) is 2. The molecule has 0 aliphatic carbocycles. The van der Waals surface area contributed by atoms with Crippen molar-refractivity contribution in [1.29, 1.82) is 0 Å². The first-order valence-corrected chi connectivity index (χ1v) is 8.15. The third-order valence-electron chi connectivity index (χ3n) is 5.34. The van der Waals surface area contributed by atoms with E-state index in [0.717, 1.165) is 25.6 Å². The van der Waals surface area contributed by atoms with Crippen molar-refractivity contribution in [3.8, 4) is 0 Å². The van der Waals surface area contributed by atoms with Crippen LogP contribution in [-0.2, 0) is 14.2 Å². The fourth-order valence-electron chi connectivity index (χ4n) is 4.32. The second kappa shape index (κ2) is 7.19. The van der Waals surface area contributed by atoms with Gasteiger partial charge in [-0.3, -0.25) is 4.99 Å². The van der Waals surface area contributed by atoms with Gasteiger partial charge in [-0.2, -0.15) is 0 Å². The zero-order chi connectivity index (χ0) is 14.2. The molecule has 6 nitrogen and oxygen atoms in total. The molecule has 1 N–H and O–H groups in total. The molecule has 5 unspecified atom stereocenters. The molecule has 0 aromatic rings. The summed E-state index contributed by atoms with van der Waals surface area (Å²) in [5, 5.41) is 3.45. The van der Waals surface area contributed by atoms with Crippen LogP contribution in [-0.4, -0.2) is 75.7 Å². The van der Waals surface area contributed by atoms with E-state index < -0.39 is 0 Å². The Balaban J connectivity index is 0.00000144. The lowest BCUT2D eigenvalue weighted by atomic mass is 9.82. The van der Waals surface area contributed by atoms with E-state index in [9.17, 15) is 0 Å².